The number of carbonyl (C=O) groups is 1. The van der Waals surface area contributed by atoms with Gasteiger partial charge in [-0.25, -0.2) is 0 Å². The van der Waals surface area contributed by atoms with Gasteiger partial charge in [-0.3, -0.25) is 14.7 Å². The summed E-state index contributed by atoms with van der Waals surface area (Å²) in [6, 6.07) is 9.96. The fourth-order valence-corrected chi connectivity index (χ4v) is 3.24. The van der Waals surface area contributed by atoms with Crippen LogP contribution in [0.2, 0.25) is 0 Å². The molecule has 0 bridgehead atoms. The monoisotopic (exact) mass is 533 g/mol. The van der Waals surface area contributed by atoms with E-state index in [0.29, 0.717) is 32.7 Å². The van der Waals surface area contributed by atoms with Crippen molar-refractivity contribution in [2.75, 3.05) is 66.1 Å². The fraction of sp³-hybridized carbons (Fsp3) is 0.619. The SMILES string of the molecule is CCNC(=NCC(O)Cc1ccccc1)N1CCN(CC(=O)NCCOC)CC1.I. The third kappa shape index (κ3) is 10.1. The number of nitrogens with zero attached hydrogens (tertiary/aromatic N) is 3. The first-order valence-corrected chi connectivity index (χ1v) is 10.4. The number of rotatable bonds is 10. The van der Waals surface area contributed by atoms with E-state index in [-0.39, 0.29) is 29.9 Å². The Hall–Kier alpha value is -1.43. The van der Waals surface area contributed by atoms with Gasteiger partial charge in [-0.15, -0.1) is 24.0 Å². The first-order chi connectivity index (χ1) is 14.1. The molecule has 30 heavy (non-hydrogen) atoms. The molecular formula is C21H36IN5O3. The first kappa shape index (κ1) is 26.6. The van der Waals surface area contributed by atoms with Gasteiger partial charge in [0.2, 0.25) is 5.91 Å². The minimum absolute atomic E-state index is 0. The molecule has 170 valence electrons. The van der Waals surface area contributed by atoms with Crippen LogP contribution < -0.4 is 10.6 Å². The lowest BCUT2D eigenvalue weighted by atomic mass is 10.1. The average molecular weight is 533 g/mol. The number of carbonyl (C=O) groups excluding carboxylic acids is 1. The third-order valence-corrected chi connectivity index (χ3v) is 4.77. The fourth-order valence-electron chi connectivity index (χ4n) is 3.24. The summed E-state index contributed by atoms with van der Waals surface area (Å²) in [5, 5.41) is 16.5. The van der Waals surface area contributed by atoms with Gasteiger partial charge in [-0.1, -0.05) is 30.3 Å². The molecule has 1 aliphatic rings. The lowest BCUT2D eigenvalue weighted by Crippen LogP contribution is -2.54. The van der Waals surface area contributed by atoms with Gasteiger partial charge in [0.1, 0.15) is 0 Å². The summed E-state index contributed by atoms with van der Waals surface area (Å²) in [5.41, 5.74) is 1.11. The molecule has 9 heteroatoms. The van der Waals surface area contributed by atoms with Crippen molar-refractivity contribution >= 4 is 35.8 Å². The van der Waals surface area contributed by atoms with Crippen LogP contribution in [0.4, 0.5) is 0 Å². The van der Waals surface area contributed by atoms with Crippen LogP contribution in [0.1, 0.15) is 12.5 Å². The molecule has 1 aromatic rings. The second-order valence-electron chi connectivity index (χ2n) is 7.14. The molecule has 8 nitrogen and oxygen atoms in total. The quantitative estimate of drug-likeness (QED) is 0.176. The molecule has 1 unspecified atom stereocenters. The van der Waals surface area contributed by atoms with E-state index in [2.05, 4.69) is 25.4 Å². The van der Waals surface area contributed by atoms with Crippen molar-refractivity contribution < 1.29 is 14.6 Å². The van der Waals surface area contributed by atoms with Gasteiger partial charge in [-0.2, -0.15) is 0 Å². The summed E-state index contributed by atoms with van der Waals surface area (Å²) in [6.45, 7) is 7.84. The molecule has 1 amide bonds. The van der Waals surface area contributed by atoms with E-state index >= 15 is 0 Å². The second kappa shape index (κ2) is 15.4. The number of halogens is 1. The highest BCUT2D eigenvalue weighted by Crippen LogP contribution is 2.05. The molecule has 0 aliphatic carbocycles. The second-order valence-corrected chi connectivity index (χ2v) is 7.14. The van der Waals surface area contributed by atoms with Crippen molar-refractivity contribution in [3.05, 3.63) is 35.9 Å². The number of methoxy groups -OCH3 is 1. The zero-order valence-corrected chi connectivity index (χ0v) is 20.4. The Bertz CT molecular complexity index is 624. The Balaban J connectivity index is 0.00000450. The van der Waals surface area contributed by atoms with Gasteiger partial charge in [0.05, 0.1) is 25.8 Å². The maximum atomic E-state index is 11.9. The van der Waals surface area contributed by atoms with E-state index in [9.17, 15) is 9.90 Å². The van der Waals surface area contributed by atoms with Gasteiger partial charge >= 0.3 is 0 Å². The van der Waals surface area contributed by atoms with E-state index in [0.717, 1.165) is 44.2 Å². The Labute approximate surface area is 197 Å². The standard InChI is InChI=1S/C21H35N5O3.HI/c1-3-22-21(24-16-19(27)15-18-7-5-4-6-8-18)26-12-10-25(11-13-26)17-20(28)23-9-14-29-2;/h4-8,19,27H,3,9-17H2,1-2H3,(H,22,24)(H,23,28);1H. The van der Waals surface area contributed by atoms with Crippen molar-refractivity contribution in [3.8, 4) is 0 Å². The number of hydrogen-bond donors (Lipinski definition) is 3. The van der Waals surface area contributed by atoms with Crippen LogP contribution in [0, 0.1) is 0 Å². The predicted octanol–water partition coefficient (Wildman–Crippen LogP) is 0.554. The third-order valence-electron chi connectivity index (χ3n) is 4.77. The molecule has 0 aromatic heterocycles. The number of ether oxygens (including phenoxy) is 1. The minimum Gasteiger partial charge on any atom is -0.391 e. The highest BCUT2D eigenvalue weighted by atomic mass is 127. The molecule has 3 N–H and O–H groups in total. The lowest BCUT2D eigenvalue weighted by Gasteiger charge is -2.36. The smallest absolute Gasteiger partial charge is 0.234 e. The number of piperazine rings is 1. The van der Waals surface area contributed by atoms with Crippen LogP contribution in [-0.4, -0.2) is 99.0 Å². The molecule has 1 heterocycles. The molecule has 1 fully saturated rings. The molecule has 0 saturated carbocycles. The van der Waals surface area contributed by atoms with Crippen LogP contribution in [0.5, 0.6) is 0 Å². The van der Waals surface area contributed by atoms with Gasteiger partial charge in [0, 0.05) is 52.8 Å². The molecular weight excluding hydrogens is 497 g/mol. The summed E-state index contributed by atoms with van der Waals surface area (Å²) in [4.78, 5) is 20.9. The van der Waals surface area contributed by atoms with E-state index < -0.39 is 6.10 Å². The Kier molecular flexibility index (Phi) is 13.6. The van der Waals surface area contributed by atoms with Crippen molar-refractivity contribution in [2.24, 2.45) is 4.99 Å². The summed E-state index contributed by atoms with van der Waals surface area (Å²) in [6.07, 6.45) is 0.0820. The van der Waals surface area contributed by atoms with E-state index in [1.165, 1.54) is 0 Å². The lowest BCUT2D eigenvalue weighted by molar-refractivity contribution is -0.122. The van der Waals surface area contributed by atoms with Crippen LogP contribution in [0.25, 0.3) is 0 Å². The Morgan fingerprint density at radius 1 is 1.20 bits per heavy atom. The number of benzene rings is 1. The molecule has 1 atom stereocenters. The summed E-state index contributed by atoms with van der Waals surface area (Å²) >= 11 is 0. The van der Waals surface area contributed by atoms with Crippen molar-refractivity contribution in [2.45, 2.75) is 19.4 Å². The van der Waals surface area contributed by atoms with E-state index in [1.807, 2.05) is 37.3 Å². The summed E-state index contributed by atoms with van der Waals surface area (Å²) in [5.74, 6) is 0.851. The van der Waals surface area contributed by atoms with Crippen LogP contribution in [0.15, 0.2) is 35.3 Å². The highest BCUT2D eigenvalue weighted by molar-refractivity contribution is 14.0. The Morgan fingerprint density at radius 2 is 1.90 bits per heavy atom. The zero-order chi connectivity index (χ0) is 20.9. The number of guanidine groups is 1. The number of aliphatic hydroxyl groups is 1. The summed E-state index contributed by atoms with van der Waals surface area (Å²) < 4.78 is 4.95. The van der Waals surface area contributed by atoms with Gasteiger partial charge in [0.25, 0.3) is 0 Å². The van der Waals surface area contributed by atoms with E-state index in [4.69, 9.17) is 4.74 Å². The minimum atomic E-state index is -0.511. The number of hydrogen-bond acceptors (Lipinski definition) is 5. The molecule has 0 spiro atoms. The van der Waals surface area contributed by atoms with Gasteiger partial charge in [-0.05, 0) is 12.5 Å². The van der Waals surface area contributed by atoms with E-state index in [1.54, 1.807) is 7.11 Å². The highest BCUT2D eigenvalue weighted by Gasteiger charge is 2.21. The van der Waals surface area contributed by atoms with Crippen LogP contribution in [-0.2, 0) is 16.0 Å². The molecule has 1 aliphatic heterocycles. The van der Waals surface area contributed by atoms with Crippen LogP contribution in [0.3, 0.4) is 0 Å². The summed E-state index contributed by atoms with van der Waals surface area (Å²) in [7, 11) is 1.62. The molecule has 0 radical (unpaired) electrons. The molecule has 2 rings (SSSR count). The Morgan fingerprint density at radius 3 is 2.53 bits per heavy atom. The van der Waals surface area contributed by atoms with Crippen LogP contribution >= 0.6 is 24.0 Å². The van der Waals surface area contributed by atoms with Crippen molar-refractivity contribution in [1.29, 1.82) is 0 Å². The molecule has 1 aromatic carbocycles. The maximum Gasteiger partial charge on any atom is 0.234 e. The number of amides is 1. The zero-order valence-electron chi connectivity index (χ0n) is 18.0. The maximum absolute atomic E-state index is 11.9. The number of nitrogens with one attached hydrogen (secondary N) is 2. The topological polar surface area (TPSA) is 89.4 Å². The number of aliphatic imine (C=N–C) groups is 1. The predicted molar refractivity (Wildman–Crippen MR) is 130 cm³/mol. The molecule has 1 saturated heterocycles. The van der Waals surface area contributed by atoms with Gasteiger partial charge < -0.3 is 25.4 Å². The largest absolute Gasteiger partial charge is 0.391 e. The van der Waals surface area contributed by atoms with Crippen molar-refractivity contribution in [3.63, 3.8) is 0 Å². The van der Waals surface area contributed by atoms with Gasteiger partial charge in [0.15, 0.2) is 5.96 Å². The number of aliphatic hydroxyl groups excluding tert-OH is 1. The average Bonchev–Trinajstić information content (AvgIpc) is 2.73. The normalized spacial score (nSPS) is 16.0. The first-order valence-electron chi connectivity index (χ1n) is 10.4. The van der Waals surface area contributed by atoms with Crippen molar-refractivity contribution in [1.82, 2.24) is 20.4 Å².